The molecule has 3 N–H and O–H groups in total. The van der Waals surface area contributed by atoms with Crippen molar-refractivity contribution in [1.82, 2.24) is 10.3 Å². The van der Waals surface area contributed by atoms with Gasteiger partial charge in [0.15, 0.2) is 0 Å². The molecular weight excluding hydrogens is 301 g/mol. The smallest absolute Gasteiger partial charge is 0.405 e. The predicted molar refractivity (Wildman–Crippen MR) is 86.4 cm³/mol. The van der Waals surface area contributed by atoms with E-state index in [2.05, 4.69) is 15.6 Å². The third kappa shape index (κ3) is 3.87. The van der Waals surface area contributed by atoms with Crippen LogP contribution in [0.15, 0.2) is 18.2 Å². The van der Waals surface area contributed by atoms with Gasteiger partial charge in [-0.2, -0.15) is 0 Å². The number of anilines is 1. The van der Waals surface area contributed by atoms with Crippen molar-refractivity contribution < 1.29 is 19.0 Å². The molecule has 1 aromatic heterocycles. The van der Waals surface area contributed by atoms with Gasteiger partial charge in [-0.3, -0.25) is 0 Å². The van der Waals surface area contributed by atoms with Crippen molar-refractivity contribution in [2.24, 2.45) is 0 Å². The quantitative estimate of drug-likeness (QED) is 0.712. The van der Waals surface area contributed by atoms with E-state index in [1.54, 1.807) is 27.0 Å². The molecule has 0 spiro atoms. The number of halogens is 1. The third-order valence-corrected chi connectivity index (χ3v) is 3.61. The summed E-state index contributed by atoms with van der Waals surface area (Å²) in [7, 11) is 1.59. The largest absolute Gasteiger partial charge is 0.465 e. The molecule has 0 radical (unpaired) electrons. The normalized spacial score (nSPS) is 12.2. The number of amides is 1. The van der Waals surface area contributed by atoms with Gasteiger partial charge in [0.05, 0.1) is 18.2 Å². The van der Waals surface area contributed by atoms with E-state index in [4.69, 9.17) is 9.84 Å². The highest BCUT2D eigenvalue weighted by atomic mass is 19.1. The number of carboxylic acid groups (broad SMARTS) is 1. The molecular formula is C16H20FN3O3. The number of aromatic nitrogens is 1. The minimum absolute atomic E-state index is 0.322. The first-order valence-corrected chi connectivity index (χ1v) is 7.26. The molecule has 0 saturated carbocycles. The molecule has 0 bridgehead atoms. The van der Waals surface area contributed by atoms with Crippen molar-refractivity contribution in [2.75, 3.05) is 25.6 Å². The molecule has 1 unspecified atom stereocenters. The number of methoxy groups -OCH3 is 1. The summed E-state index contributed by atoms with van der Waals surface area (Å²) in [6.45, 7) is 4.38. The number of hydrogen-bond donors (Lipinski definition) is 3. The first-order valence-electron chi connectivity index (χ1n) is 7.26. The molecule has 0 saturated heterocycles. The van der Waals surface area contributed by atoms with E-state index in [1.807, 2.05) is 6.07 Å². The SMILES string of the molecule is COCCNc1nc2c(C)c(F)ccc2cc1C(C)NC(=O)O. The van der Waals surface area contributed by atoms with E-state index < -0.39 is 12.1 Å². The fourth-order valence-corrected chi connectivity index (χ4v) is 2.38. The summed E-state index contributed by atoms with van der Waals surface area (Å²) in [6, 6.07) is 4.39. The highest BCUT2D eigenvalue weighted by Gasteiger charge is 2.16. The lowest BCUT2D eigenvalue weighted by Crippen LogP contribution is -2.26. The monoisotopic (exact) mass is 321 g/mol. The molecule has 1 aromatic carbocycles. The second-order valence-electron chi connectivity index (χ2n) is 5.26. The van der Waals surface area contributed by atoms with Crippen LogP contribution < -0.4 is 10.6 Å². The van der Waals surface area contributed by atoms with Crippen LogP contribution in [0, 0.1) is 12.7 Å². The average molecular weight is 321 g/mol. The number of rotatable bonds is 6. The molecule has 1 atom stereocenters. The lowest BCUT2D eigenvalue weighted by Gasteiger charge is -2.18. The van der Waals surface area contributed by atoms with Gasteiger partial charge in [-0.1, -0.05) is 0 Å². The Morgan fingerprint density at radius 3 is 2.87 bits per heavy atom. The molecule has 1 heterocycles. The number of pyridine rings is 1. The summed E-state index contributed by atoms with van der Waals surface area (Å²) in [5.41, 5.74) is 1.71. The van der Waals surface area contributed by atoms with Crippen LogP contribution in [0.2, 0.25) is 0 Å². The van der Waals surface area contributed by atoms with Gasteiger partial charge in [0.25, 0.3) is 0 Å². The predicted octanol–water partition coefficient (Wildman–Crippen LogP) is 3.07. The maximum atomic E-state index is 13.7. The Morgan fingerprint density at radius 2 is 2.22 bits per heavy atom. The van der Waals surface area contributed by atoms with Gasteiger partial charge in [-0.25, -0.2) is 14.2 Å². The van der Waals surface area contributed by atoms with Crippen molar-refractivity contribution >= 4 is 22.8 Å². The molecule has 7 heteroatoms. The third-order valence-electron chi connectivity index (χ3n) is 3.61. The highest BCUT2D eigenvalue weighted by Crippen LogP contribution is 2.28. The van der Waals surface area contributed by atoms with Crippen LogP contribution in [0.1, 0.15) is 24.1 Å². The lowest BCUT2D eigenvalue weighted by atomic mass is 10.0. The van der Waals surface area contributed by atoms with E-state index in [9.17, 15) is 9.18 Å². The molecule has 0 aliphatic carbocycles. The fraction of sp³-hybridized carbons (Fsp3) is 0.375. The first kappa shape index (κ1) is 17.0. The standard InChI is InChI=1S/C16H20FN3O3/c1-9-13(17)5-4-11-8-12(10(2)19-16(21)22)15(20-14(9)11)18-6-7-23-3/h4-5,8,10,19H,6-7H2,1-3H3,(H,18,20)(H,21,22). The van der Waals surface area contributed by atoms with Gasteiger partial charge in [0.1, 0.15) is 11.6 Å². The van der Waals surface area contributed by atoms with E-state index in [0.717, 1.165) is 5.39 Å². The molecule has 1 amide bonds. The number of nitrogens with zero attached hydrogens (tertiary/aromatic N) is 1. The number of hydrogen-bond acceptors (Lipinski definition) is 4. The zero-order valence-electron chi connectivity index (χ0n) is 13.3. The Kier molecular flexibility index (Phi) is 5.33. The van der Waals surface area contributed by atoms with Crippen LogP contribution in [0.4, 0.5) is 15.0 Å². The number of ether oxygens (including phenoxy) is 1. The second-order valence-corrected chi connectivity index (χ2v) is 5.26. The number of carbonyl (C=O) groups is 1. The maximum absolute atomic E-state index is 13.7. The van der Waals surface area contributed by atoms with Gasteiger partial charge in [0, 0.05) is 30.2 Å². The fourth-order valence-electron chi connectivity index (χ4n) is 2.38. The first-order chi connectivity index (χ1) is 10.9. The molecule has 6 nitrogen and oxygen atoms in total. The van der Waals surface area contributed by atoms with Crippen molar-refractivity contribution in [2.45, 2.75) is 19.9 Å². The van der Waals surface area contributed by atoms with Crippen molar-refractivity contribution in [3.05, 3.63) is 35.1 Å². The van der Waals surface area contributed by atoms with Crippen molar-refractivity contribution in [1.29, 1.82) is 0 Å². The Morgan fingerprint density at radius 1 is 1.48 bits per heavy atom. The van der Waals surface area contributed by atoms with Gasteiger partial charge in [-0.15, -0.1) is 0 Å². The van der Waals surface area contributed by atoms with E-state index in [-0.39, 0.29) is 5.82 Å². The maximum Gasteiger partial charge on any atom is 0.405 e. The highest BCUT2D eigenvalue weighted by molar-refractivity contribution is 5.85. The van der Waals surface area contributed by atoms with E-state index in [0.29, 0.717) is 35.6 Å². The average Bonchev–Trinajstić information content (AvgIpc) is 2.50. The molecule has 0 aliphatic heterocycles. The van der Waals surface area contributed by atoms with E-state index >= 15 is 0 Å². The summed E-state index contributed by atoms with van der Waals surface area (Å²) in [5.74, 6) is 0.196. The molecule has 23 heavy (non-hydrogen) atoms. The lowest BCUT2D eigenvalue weighted by molar-refractivity contribution is 0.191. The van der Waals surface area contributed by atoms with Crippen LogP contribution in [-0.4, -0.2) is 36.4 Å². The molecule has 0 fully saturated rings. The van der Waals surface area contributed by atoms with Crippen LogP contribution in [0.5, 0.6) is 0 Å². The molecule has 2 aromatic rings. The van der Waals surface area contributed by atoms with Crippen LogP contribution >= 0.6 is 0 Å². The summed E-state index contributed by atoms with van der Waals surface area (Å²) < 4.78 is 18.7. The summed E-state index contributed by atoms with van der Waals surface area (Å²) in [4.78, 5) is 15.4. The van der Waals surface area contributed by atoms with Crippen LogP contribution in [-0.2, 0) is 4.74 Å². The summed E-state index contributed by atoms with van der Waals surface area (Å²) in [5, 5.41) is 15.2. The van der Waals surface area contributed by atoms with E-state index in [1.165, 1.54) is 6.07 Å². The Hall–Kier alpha value is -2.41. The zero-order valence-corrected chi connectivity index (χ0v) is 13.3. The van der Waals surface area contributed by atoms with Crippen LogP contribution in [0.25, 0.3) is 10.9 Å². The van der Waals surface area contributed by atoms with Crippen molar-refractivity contribution in [3.8, 4) is 0 Å². The second kappa shape index (κ2) is 7.23. The van der Waals surface area contributed by atoms with Gasteiger partial charge in [-0.05, 0) is 32.0 Å². The Bertz CT molecular complexity index is 721. The number of benzene rings is 1. The van der Waals surface area contributed by atoms with Crippen molar-refractivity contribution in [3.63, 3.8) is 0 Å². The van der Waals surface area contributed by atoms with Crippen LogP contribution in [0.3, 0.4) is 0 Å². The molecule has 0 aliphatic rings. The number of aryl methyl sites for hydroxylation is 1. The molecule has 2 rings (SSSR count). The topological polar surface area (TPSA) is 83.5 Å². The Balaban J connectivity index is 2.50. The minimum atomic E-state index is -1.12. The Labute approximate surface area is 133 Å². The number of nitrogens with one attached hydrogen (secondary N) is 2. The minimum Gasteiger partial charge on any atom is -0.465 e. The summed E-state index contributed by atoms with van der Waals surface area (Å²) in [6.07, 6.45) is -1.12. The van der Waals surface area contributed by atoms with Gasteiger partial charge < -0.3 is 20.5 Å². The summed E-state index contributed by atoms with van der Waals surface area (Å²) >= 11 is 0. The number of fused-ring (bicyclic) bond motifs is 1. The molecule has 124 valence electrons. The van der Waals surface area contributed by atoms with Gasteiger partial charge in [0.2, 0.25) is 0 Å². The zero-order chi connectivity index (χ0) is 17.0. The van der Waals surface area contributed by atoms with Gasteiger partial charge >= 0.3 is 6.09 Å².